The third-order valence-electron chi connectivity index (χ3n) is 6.58. The SMILES string of the molecule is CC[C@H](c1nnnn1CCc1ccccc1)N(Cc1cccs1)Cc1cc2cc(OC)ccc2[nH]c1=O. The Kier molecular flexibility index (Phi) is 7.72. The molecule has 2 aromatic carbocycles. The Labute approximate surface area is 219 Å². The number of nitrogens with one attached hydrogen (secondary N) is 1. The maximum atomic E-state index is 13.1. The first-order valence-electron chi connectivity index (χ1n) is 12.4. The first-order chi connectivity index (χ1) is 18.1. The van der Waals surface area contributed by atoms with Crippen molar-refractivity contribution in [3.8, 4) is 5.75 Å². The van der Waals surface area contributed by atoms with Crippen molar-refractivity contribution in [3.05, 3.63) is 104 Å². The summed E-state index contributed by atoms with van der Waals surface area (Å²) < 4.78 is 7.29. The fourth-order valence-corrected chi connectivity index (χ4v) is 5.39. The van der Waals surface area contributed by atoms with Gasteiger partial charge in [0.15, 0.2) is 5.82 Å². The molecule has 5 aromatic rings. The van der Waals surface area contributed by atoms with Crippen molar-refractivity contribution in [1.82, 2.24) is 30.1 Å². The van der Waals surface area contributed by atoms with Crippen LogP contribution in [-0.4, -0.2) is 37.2 Å². The molecule has 0 bridgehead atoms. The van der Waals surface area contributed by atoms with Crippen molar-refractivity contribution >= 4 is 22.2 Å². The summed E-state index contributed by atoms with van der Waals surface area (Å²) in [5.74, 6) is 1.57. The van der Waals surface area contributed by atoms with E-state index in [4.69, 9.17) is 4.74 Å². The molecule has 3 heterocycles. The largest absolute Gasteiger partial charge is 0.497 e. The molecule has 9 heteroatoms. The Morgan fingerprint density at radius 1 is 1.08 bits per heavy atom. The topological polar surface area (TPSA) is 88.9 Å². The summed E-state index contributed by atoms with van der Waals surface area (Å²) in [5, 5.41) is 15.8. The van der Waals surface area contributed by atoms with Crippen LogP contribution in [0.15, 0.2) is 76.9 Å². The number of rotatable bonds is 11. The molecular weight excluding hydrogens is 484 g/mol. The maximum absolute atomic E-state index is 13.1. The average molecular weight is 515 g/mol. The van der Waals surface area contributed by atoms with Crippen molar-refractivity contribution in [3.63, 3.8) is 0 Å². The van der Waals surface area contributed by atoms with Crippen molar-refractivity contribution in [2.45, 2.75) is 45.4 Å². The Morgan fingerprint density at radius 2 is 1.95 bits per heavy atom. The molecule has 0 saturated heterocycles. The minimum atomic E-state index is -0.0904. The molecule has 37 heavy (non-hydrogen) atoms. The van der Waals surface area contributed by atoms with Gasteiger partial charge in [-0.15, -0.1) is 16.4 Å². The highest BCUT2D eigenvalue weighted by Gasteiger charge is 2.26. The molecule has 0 amide bonds. The van der Waals surface area contributed by atoms with Crippen LogP contribution in [0.3, 0.4) is 0 Å². The van der Waals surface area contributed by atoms with Gasteiger partial charge in [-0.3, -0.25) is 9.69 Å². The molecule has 0 aliphatic heterocycles. The van der Waals surface area contributed by atoms with E-state index in [2.05, 4.69) is 62.0 Å². The lowest BCUT2D eigenvalue weighted by atomic mass is 10.1. The van der Waals surface area contributed by atoms with Crippen LogP contribution < -0.4 is 10.3 Å². The van der Waals surface area contributed by atoms with Crippen LogP contribution in [0.1, 0.15) is 41.2 Å². The number of hydrogen-bond acceptors (Lipinski definition) is 7. The first-order valence-corrected chi connectivity index (χ1v) is 13.3. The van der Waals surface area contributed by atoms with E-state index >= 15 is 0 Å². The molecule has 190 valence electrons. The van der Waals surface area contributed by atoms with Gasteiger partial charge in [0.1, 0.15) is 5.75 Å². The van der Waals surface area contributed by atoms with Crippen LogP contribution >= 0.6 is 11.3 Å². The maximum Gasteiger partial charge on any atom is 0.252 e. The normalized spacial score (nSPS) is 12.3. The second kappa shape index (κ2) is 11.5. The number of ether oxygens (including phenoxy) is 1. The van der Waals surface area contributed by atoms with Gasteiger partial charge in [0, 0.05) is 41.0 Å². The lowest BCUT2D eigenvalue weighted by Gasteiger charge is -2.30. The number of methoxy groups -OCH3 is 1. The molecule has 0 radical (unpaired) electrons. The van der Waals surface area contributed by atoms with Gasteiger partial charge in [0.25, 0.3) is 5.56 Å². The second-order valence-corrected chi connectivity index (χ2v) is 10.0. The summed E-state index contributed by atoms with van der Waals surface area (Å²) in [6.45, 7) is 3.98. The van der Waals surface area contributed by atoms with Crippen LogP contribution in [0, 0.1) is 0 Å². The number of aromatic amines is 1. The van der Waals surface area contributed by atoms with Gasteiger partial charge in [-0.25, -0.2) is 4.68 Å². The highest BCUT2D eigenvalue weighted by molar-refractivity contribution is 7.09. The zero-order chi connectivity index (χ0) is 25.6. The Morgan fingerprint density at radius 3 is 2.70 bits per heavy atom. The van der Waals surface area contributed by atoms with Gasteiger partial charge in [0.05, 0.1) is 13.2 Å². The Hall–Kier alpha value is -3.82. The van der Waals surface area contributed by atoms with E-state index in [1.807, 2.05) is 47.1 Å². The molecule has 0 unspecified atom stereocenters. The lowest BCUT2D eigenvalue weighted by molar-refractivity contribution is 0.162. The number of hydrogen-bond donors (Lipinski definition) is 1. The predicted molar refractivity (Wildman–Crippen MR) is 146 cm³/mol. The molecule has 1 atom stereocenters. The monoisotopic (exact) mass is 514 g/mol. The van der Waals surface area contributed by atoms with Crippen LogP contribution in [0.4, 0.5) is 0 Å². The van der Waals surface area contributed by atoms with E-state index in [1.54, 1.807) is 18.4 Å². The van der Waals surface area contributed by atoms with E-state index in [-0.39, 0.29) is 11.6 Å². The van der Waals surface area contributed by atoms with Crippen LogP contribution in [0.25, 0.3) is 10.9 Å². The molecule has 1 N–H and O–H groups in total. The second-order valence-electron chi connectivity index (χ2n) is 8.98. The molecule has 0 aliphatic rings. The summed E-state index contributed by atoms with van der Waals surface area (Å²) in [6, 6.07) is 22.1. The molecule has 3 aromatic heterocycles. The number of H-pyrrole nitrogens is 1. The number of benzene rings is 2. The third-order valence-corrected chi connectivity index (χ3v) is 7.44. The van der Waals surface area contributed by atoms with Crippen molar-refractivity contribution in [1.29, 1.82) is 0 Å². The number of tetrazole rings is 1. The predicted octanol–water partition coefficient (Wildman–Crippen LogP) is 4.98. The average Bonchev–Trinajstić information content (AvgIpc) is 3.61. The first kappa shape index (κ1) is 24.9. The summed E-state index contributed by atoms with van der Waals surface area (Å²) in [6.07, 6.45) is 1.64. The van der Waals surface area contributed by atoms with Crippen LogP contribution in [-0.2, 0) is 26.1 Å². The third kappa shape index (κ3) is 5.79. The van der Waals surface area contributed by atoms with E-state index in [1.165, 1.54) is 10.4 Å². The van der Waals surface area contributed by atoms with Gasteiger partial charge in [0.2, 0.25) is 0 Å². The van der Waals surface area contributed by atoms with Crippen molar-refractivity contribution in [2.75, 3.05) is 7.11 Å². The molecule has 8 nitrogen and oxygen atoms in total. The summed E-state index contributed by atoms with van der Waals surface area (Å²) in [4.78, 5) is 19.6. The Bertz CT molecular complexity index is 1500. The molecule has 0 aliphatic carbocycles. The summed E-state index contributed by atoms with van der Waals surface area (Å²) in [7, 11) is 1.64. The van der Waals surface area contributed by atoms with E-state index in [0.717, 1.165) is 35.3 Å². The molecule has 0 spiro atoms. The van der Waals surface area contributed by atoms with Gasteiger partial charge in [-0.1, -0.05) is 43.3 Å². The molecular formula is C28H30N6O2S. The van der Waals surface area contributed by atoms with Gasteiger partial charge >= 0.3 is 0 Å². The zero-order valence-electron chi connectivity index (χ0n) is 21.0. The minimum absolute atomic E-state index is 0.0618. The number of aromatic nitrogens is 5. The van der Waals surface area contributed by atoms with Crippen LogP contribution in [0.5, 0.6) is 5.75 Å². The minimum Gasteiger partial charge on any atom is -0.497 e. The van der Waals surface area contributed by atoms with Crippen molar-refractivity contribution in [2.24, 2.45) is 0 Å². The van der Waals surface area contributed by atoms with E-state index in [0.29, 0.717) is 25.2 Å². The summed E-state index contributed by atoms with van der Waals surface area (Å²) in [5.41, 5.74) is 2.63. The fraction of sp³-hybridized carbons (Fsp3) is 0.286. The lowest BCUT2D eigenvalue weighted by Crippen LogP contribution is -2.32. The molecule has 5 rings (SSSR count). The molecule has 0 fully saturated rings. The number of aryl methyl sites for hydroxylation is 2. The van der Waals surface area contributed by atoms with Crippen LogP contribution in [0.2, 0.25) is 0 Å². The van der Waals surface area contributed by atoms with Gasteiger partial charge in [-0.05, 0) is 64.5 Å². The number of thiophene rings is 1. The van der Waals surface area contributed by atoms with E-state index < -0.39 is 0 Å². The number of pyridine rings is 1. The van der Waals surface area contributed by atoms with Gasteiger partial charge < -0.3 is 9.72 Å². The quantitative estimate of drug-likeness (QED) is 0.267. The fourth-order valence-electron chi connectivity index (χ4n) is 4.67. The van der Waals surface area contributed by atoms with Crippen molar-refractivity contribution < 1.29 is 4.74 Å². The highest BCUT2D eigenvalue weighted by atomic mass is 32.1. The number of fused-ring (bicyclic) bond motifs is 1. The zero-order valence-corrected chi connectivity index (χ0v) is 21.8. The summed E-state index contributed by atoms with van der Waals surface area (Å²) >= 11 is 1.71. The number of nitrogens with zero attached hydrogens (tertiary/aromatic N) is 5. The standard InChI is InChI=1S/C28H30N6O2S/c1-3-26(27-30-31-32-34(27)14-13-20-8-5-4-6-9-20)33(19-24-10-7-15-37-24)18-22-16-21-17-23(36-2)11-12-25(21)29-28(22)35/h4-12,15-17,26H,3,13-14,18-19H2,1-2H3,(H,29,35)/t26-/m1/s1. The molecule has 0 saturated carbocycles. The highest BCUT2D eigenvalue weighted by Crippen LogP contribution is 2.28. The smallest absolute Gasteiger partial charge is 0.252 e. The van der Waals surface area contributed by atoms with Gasteiger partial charge in [-0.2, -0.15) is 0 Å². The van der Waals surface area contributed by atoms with E-state index in [9.17, 15) is 4.79 Å². The Balaban J connectivity index is 1.46.